The highest BCUT2D eigenvalue weighted by Crippen LogP contribution is 2.26. The maximum absolute atomic E-state index is 12.8. The molecule has 9 heteroatoms. The number of piperidine rings is 1. The molecule has 0 spiro atoms. The van der Waals surface area contributed by atoms with Crippen LogP contribution in [-0.4, -0.2) is 33.1 Å². The van der Waals surface area contributed by atoms with E-state index in [0.29, 0.717) is 23.6 Å². The number of benzene rings is 1. The molecule has 7 nitrogen and oxygen atoms in total. The van der Waals surface area contributed by atoms with Gasteiger partial charge in [-0.2, -0.15) is 5.10 Å². The van der Waals surface area contributed by atoms with E-state index in [1.807, 2.05) is 46.7 Å². The normalized spacial score (nSPS) is 15.2. The van der Waals surface area contributed by atoms with Gasteiger partial charge in [0.1, 0.15) is 6.04 Å². The van der Waals surface area contributed by atoms with Crippen molar-refractivity contribution >= 4 is 41.1 Å². The minimum absolute atomic E-state index is 0.148. The summed E-state index contributed by atoms with van der Waals surface area (Å²) in [5.41, 5.74) is 1.83. The lowest BCUT2D eigenvalue weighted by Crippen LogP contribution is -2.35. The van der Waals surface area contributed by atoms with Crippen LogP contribution in [0.3, 0.4) is 0 Å². The molecule has 0 radical (unpaired) electrons. The number of hydrogen-bond acceptors (Lipinski definition) is 5. The Hall–Kier alpha value is -2.78. The van der Waals surface area contributed by atoms with Crippen molar-refractivity contribution in [3.8, 4) is 10.7 Å². The van der Waals surface area contributed by atoms with Gasteiger partial charge >= 0.3 is 0 Å². The molecule has 3 aromatic rings. The van der Waals surface area contributed by atoms with Gasteiger partial charge in [-0.15, -0.1) is 11.3 Å². The highest BCUT2D eigenvalue weighted by Gasteiger charge is 2.22. The molecule has 1 unspecified atom stereocenters. The van der Waals surface area contributed by atoms with Gasteiger partial charge in [-0.1, -0.05) is 18.2 Å². The standard InChI is InChI=1S/C21H23N5O2S2/c1-14(26-19(23-24-21(26)29)17-8-5-11-30-17)20(28)22-13-15-6-4-7-16(12-15)25-10-3-2-9-18(25)27/h4-8,11-12,14H,2-3,9-10,13H2,1H3,(H,22,28)(H,24,29). The van der Waals surface area contributed by atoms with Gasteiger partial charge in [-0.25, -0.2) is 0 Å². The predicted octanol–water partition coefficient (Wildman–Crippen LogP) is 4.06. The number of nitrogens with zero attached hydrogens (tertiary/aromatic N) is 3. The first-order valence-electron chi connectivity index (χ1n) is 9.92. The zero-order valence-electron chi connectivity index (χ0n) is 16.6. The number of amides is 2. The summed E-state index contributed by atoms with van der Waals surface area (Å²) in [6.45, 7) is 2.93. The van der Waals surface area contributed by atoms with E-state index in [1.54, 1.807) is 22.8 Å². The van der Waals surface area contributed by atoms with Crippen molar-refractivity contribution in [2.24, 2.45) is 0 Å². The molecule has 2 aromatic heterocycles. The largest absolute Gasteiger partial charge is 0.350 e. The van der Waals surface area contributed by atoms with Gasteiger partial charge in [0, 0.05) is 25.2 Å². The molecule has 1 aromatic carbocycles. The number of carbonyl (C=O) groups excluding carboxylic acids is 2. The maximum atomic E-state index is 12.8. The van der Waals surface area contributed by atoms with Crippen molar-refractivity contribution in [2.45, 2.75) is 38.8 Å². The predicted molar refractivity (Wildman–Crippen MR) is 120 cm³/mol. The number of hydrogen-bond donors (Lipinski definition) is 2. The number of aromatic nitrogens is 3. The number of thiophene rings is 1. The van der Waals surface area contributed by atoms with Gasteiger partial charge in [0.05, 0.1) is 4.88 Å². The number of aromatic amines is 1. The van der Waals surface area contributed by atoms with Gasteiger partial charge in [0.2, 0.25) is 11.8 Å². The van der Waals surface area contributed by atoms with Crippen molar-refractivity contribution in [1.29, 1.82) is 0 Å². The van der Waals surface area contributed by atoms with Gasteiger partial charge < -0.3 is 10.2 Å². The number of carbonyl (C=O) groups is 2. The third-order valence-corrected chi connectivity index (χ3v) is 6.38. The van der Waals surface area contributed by atoms with E-state index in [0.717, 1.165) is 35.5 Å². The molecule has 30 heavy (non-hydrogen) atoms. The van der Waals surface area contributed by atoms with Crippen molar-refractivity contribution in [3.05, 3.63) is 52.1 Å². The lowest BCUT2D eigenvalue weighted by atomic mass is 10.1. The second kappa shape index (κ2) is 8.93. The molecular weight excluding hydrogens is 418 g/mol. The fourth-order valence-electron chi connectivity index (χ4n) is 3.61. The Morgan fingerprint density at radius 2 is 2.20 bits per heavy atom. The Kier molecular flexibility index (Phi) is 6.10. The SMILES string of the molecule is CC(C(=O)NCc1cccc(N2CCCCC2=O)c1)n1c(-c2cccs2)n[nH]c1=S. The van der Waals surface area contributed by atoms with Crippen molar-refractivity contribution < 1.29 is 9.59 Å². The van der Waals surface area contributed by atoms with Gasteiger partial charge in [0.25, 0.3) is 0 Å². The zero-order chi connectivity index (χ0) is 21.1. The summed E-state index contributed by atoms with van der Waals surface area (Å²) in [6.07, 6.45) is 2.56. The molecule has 1 aliphatic rings. The summed E-state index contributed by atoms with van der Waals surface area (Å²) < 4.78 is 2.14. The average Bonchev–Trinajstić information content (AvgIpc) is 3.41. The second-order valence-electron chi connectivity index (χ2n) is 7.27. The van der Waals surface area contributed by atoms with Gasteiger partial charge in [-0.3, -0.25) is 19.3 Å². The molecule has 1 saturated heterocycles. The van der Waals surface area contributed by atoms with E-state index in [1.165, 1.54) is 0 Å². The molecule has 3 heterocycles. The Morgan fingerprint density at radius 3 is 2.97 bits per heavy atom. The lowest BCUT2D eigenvalue weighted by molar-refractivity contribution is -0.124. The van der Waals surface area contributed by atoms with Crippen LogP contribution in [0, 0.1) is 4.77 Å². The van der Waals surface area contributed by atoms with Crippen LogP contribution in [-0.2, 0) is 16.1 Å². The quantitative estimate of drug-likeness (QED) is 0.565. The van der Waals surface area contributed by atoms with Crippen LogP contribution >= 0.6 is 23.6 Å². The molecule has 2 N–H and O–H groups in total. The van der Waals surface area contributed by atoms with Crippen molar-refractivity contribution in [3.63, 3.8) is 0 Å². The van der Waals surface area contributed by atoms with Gasteiger partial charge in [-0.05, 0) is 61.1 Å². The Labute approximate surface area is 183 Å². The molecule has 4 rings (SSSR count). The van der Waals surface area contributed by atoms with Crippen molar-refractivity contribution in [2.75, 3.05) is 11.4 Å². The van der Waals surface area contributed by atoms with E-state index >= 15 is 0 Å². The summed E-state index contributed by atoms with van der Waals surface area (Å²) in [7, 11) is 0. The average molecular weight is 442 g/mol. The van der Waals surface area contributed by atoms with E-state index < -0.39 is 6.04 Å². The first kappa shape index (κ1) is 20.5. The van der Waals surface area contributed by atoms with E-state index in [2.05, 4.69) is 15.5 Å². The summed E-state index contributed by atoms with van der Waals surface area (Å²) in [4.78, 5) is 27.8. The Balaban J connectivity index is 1.46. The molecule has 2 amide bonds. The molecule has 0 aliphatic carbocycles. The highest BCUT2D eigenvalue weighted by molar-refractivity contribution is 7.71. The molecular formula is C21H23N5O2S2. The third kappa shape index (κ3) is 4.22. The monoisotopic (exact) mass is 441 g/mol. The minimum Gasteiger partial charge on any atom is -0.350 e. The lowest BCUT2D eigenvalue weighted by Gasteiger charge is -2.27. The molecule has 0 saturated carbocycles. The molecule has 0 bridgehead atoms. The number of nitrogens with one attached hydrogen (secondary N) is 2. The van der Waals surface area contributed by atoms with E-state index in [4.69, 9.17) is 12.2 Å². The maximum Gasteiger partial charge on any atom is 0.243 e. The summed E-state index contributed by atoms with van der Waals surface area (Å²) in [5.74, 6) is 0.666. The van der Waals surface area contributed by atoms with Crippen LogP contribution in [0.15, 0.2) is 41.8 Å². The van der Waals surface area contributed by atoms with Crippen LogP contribution in [0.2, 0.25) is 0 Å². The smallest absolute Gasteiger partial charge is 0.243 e. The van der Waals surface area contributed by atoms with Crippen LogP contribution in [0.1, 0.15) is 37.8 Å². The van der Waals surface area contributed by atoms with Crippen LogP contribution in [0.5, 0.6) is 0 Å². The fourth-order valence-corrected chi connectivity index (χ4v) is 4.61. The third-order valence-electron chi connectivity index (χ3n) is 5.23. The molecule has 1 atom stereocenters. The number of rotatable bonds is 6. The second-order valence-corrected chi connectivity index (χ2v) is 8.60. The fraction of sp³-hybridized carbons (Fsp3) is 0.333. The number of H-pyrrole nitrogens is 1. The summed E-state index contributed by atoms with van der Waals surface area (Å²) >= 11 is 6.90. The highest BCUT2D eigenvalue weighted by atomic mass is 32.1. The first-order chi connectivity index (χ1) is 14.5. The van der Waals surface area contributed by atoms with Crippen LogP contribution < -0.4 is 10.2 Å². The van der Waals surface area contributed by atoms with Crippen LogP contribution in [0.25, 0.3) is 10.7 Å². The minimum atomic E-state index is -0.514. The van der Waals surface area contributed by atoms with E-state index in [9.17, 15) is 9.59 Å². The Morgan fingerprint density at radius 1 is 1.33 bits per heavy atom. The zero-order valence-corrected chi connectivity index (χ0v) is 18.3. The topological polar surface area (TPSA) is 83.0 Å². The Bertz CT molecular complexity index is 1100. The molecule has 156 valence electrons. The summed E-state index contributed by atoms with van der Waals surface area (Å²) in [6, 6.07) is 11.1. The molecule has 1 fully saturated rings. The van der Waals surface area contributed by atoms with Crippen molar-refractivity contribution in [1.82, 2.24) is 20.1 Å². The first-order valence-corrected chi connectivity index (χ1v) is 11.2. The van der Waals surface area contributed by atoms with Crippen LogP contribution in [0.4, 0.5) is 5.69 Å². The molecule has 1 aliphatic heterocycles. The van der Waals surface area contributed by atoms with E-state index in [-0.39, 0.29) is 11.8 Å². The van der Waals surface area contributed by atoms with Gasteiger partial charge in [0.15, 0.2) is 10.6 Å². The number of anilines is 1. The summed E-state index contributed by atoms with van der Waals surface area (Å²) in [5, 5.41) is 12.0.